The van der Waals surface area contributed by atoms with E-state index in [9.17, 15) is 4.79 Å². The number of nitrogens with one attached hydrogen (secondary N) is 1. The van der Waals surface area contributed by atoms with Crippen molar-refractivity contribution in [2.24, 2.45) is 11.3 Å². The minimum atomic E-state index is 0.0972. The van der Waals surface area contributed by atoms with Gasteiger partial charge in [0.05, 0.1) is 19.8 Å². The summed E-state index contributed by atoms with van der Waals surface area (Å²) >= 11 is 0. The highest BCUT2D eigenvalue weighted by atomic mass is 16.5. The number of ether oxygens (including phenoxy) is 2. The second kappa shape index (κ2) is 12.7. The first-order valence-corrected chi connectivity index (χ1v) is 8.85. The van der Waals surface area contributed by atoms with E-state index in [-0.39, 0.29) is 11.8 Å². The smallest absolute Gasteiger partial charge is 0.222 e. The molecule has 1 rings (SSSR count). The average molecular weight is 331 g/mol. The summed E-state index contributed by atoms with van der Waals surface area (Å²) in [6.07, 6.45) is 2.41. The number of hydrogen-bond donors (Lipinski definition) is 1. The number of hydrogen-bond acceptors (Lipinski definition) is 4. The number of morpholine rings is 1. The highest BCUT2D eigenvalue weighted by Gasteiger charge is 2.10. The molecule has 138 valence electrons. The largest absolute Gasteiger partial charge is 0.380 e. The zero-order valence-electron chi connectivity index (χ0n) is 16.1. The molecule has 1 aliphatic rings. The Morgan fingerprint density at radius 1 is 1.22 bits per heavy atom. The Balaban J connectivity index is 0.000000585. The second-order valence-electron chi connectivity index (χ2n) is 7.50. The molecule has 1 fully saturated rings. The normalized spacial score (nSPS) is 16.0. The Hall–Kier alpha value is -0.650. The first-order chi connectivity index (χ1) is 10.8. The summed E-state index contributed by atoms with van der Waals surface area (Å²) < 4.78 is 10.9. The Morgan fingerprint density at radius 3 is 2.26 bits per heavy atom. The molecule has 0 aliphatic carbocycles. The molecule has 0 aromatic carbocycles. The lowest BCUT2D eigenvalue weighted by Gasteiger charge is -2.26. The van der Waals surface area contributed by atoms with Crippen LogP contribution in [0, 0.1) is 11.3 Å². The standard InChI is InChI=1S/C13H27NO2.C5H11NO/c1-13(2,3)5-4-9-15-10-6-14-7-11-16-12-8-14;1-4(2)5(7)6-3/h4-12H2,1-3H3;4H,1-3H3,(H,6,7). The molecule has 0 unspecified atom stereocenters. The van der Waals surface area contributed by atoms with Gasteiger partial charge < -0.3 is 14.8 Å². The lowest BCUT2D eigenvalue weighted by molar-refractivity contribution is -0.123. The zero-order chi connectivity index (χ0) is 17.7. The summed E-state index contributed by atoms with van der Waals surface area (Å²) in [5.74, 6) is 0.213. The number of amides is 1. The molecule has 5 nitrogen and oxygen atoms in total. The third kappa shape index (κ3) is 14.7. The van der Waals surface area contributed by atoms with Crippen LogP contribution in [0.4, 0.5) is 0 Å². The maximum absolute atomic E-state index is 10.4. The molecular weight excluding hydrogens is 292 g/mol. The highest BCUT2D eigenvalue weighted by Crippen LogP contribution is 2.20. The third-order valence-electron chi connectivity index (χ3n) is 3.64. The second-order valence-corrected chi connectivity index (χ2v) is 7.50. The lowest BCUT2D eigenvalue weighted by Crippen LogP contribution is -2.38. The Kier molecular flexibility index (Phi) is 12.4. The van der Waals surface area contributed by atoms with Gasteiger partial charge >= 0.3 is 0 Å². The van der Waals surface area contributed by atoms with E-state index in [1.807, 2.05) is 13.8 Å². The van der Waals surface area contributed by atoms with Gasteiger partial charge in [0.25, 0.3) is 0 Å². The van der Waals surface area contributed by atoms with Crippen molar-refractivity contribution in [3.8, 4) is 0 Å². The molecule has 1 amide bonds. The van der Waals surface area contributed by atoms with Crippen LogP contribution in [0.1, 0.15) is 47.5 Å². The third-order valence-corrected chi connectivity index (χ3v) is 3.64. The van der Waals surface area contributed by atoms with Crippen LogP contribution >= 0.6 is 0 Å². The minimum Gasteiger partial charge on any atom is -0.380 e. The molecule has 0 bridgehead atoms. The van der Waals surface area contributed by atoms with Gasteiger partial charge in [-0.3, -0.25) is 9.69 Å². The lowest BCUT2D eigenvalue weighted by atomic mass is 9.91. The molecule has 0 aromatic heterocycles. The topological polar surface area (TPSA) is 50.8 Å². The number of carbonyl (C=O) groups is 1. The molecule has 5 heteroatoms. The maximum Gasteiger partial charge on any atom is 0.222 e. The van der Waals surface area contributed by atoms with E-state index in [0.29, 0.717) is 5.41 Å². The SMILES string of the molecule is CC(C)(C)CCCOCCN1CCOCC1.CNC(=O)C(C)C. The van der Waals surface area contributed by atoms with Gasteiger partial charge in [-0.25, -0.2) is 0 Å². The Bertz CT molecular complexity index is 295. The zero-order valence-corrected chi connectivity index (χ0v) is 16.1. The van der Waals surface area contributed by atoms with E-state index in [1.54, 1.807) is 7.05 Å². The minimum absolute atomic E-state index is 0.0972. The summed E-state index contributed by atoms with van der Waals surface area (Å²) in [4.78, 5) is 12.8. The summed E-state index contributed by atoms with van der Waals surface area (Å²) in [5, 5.41) is 2.53. The summed E-state index contributed by atoms with van der Waals surface area (Å²) in [6, 6.07) is 0. The molecule has 1 saturated heterocycles. The van der Waals surface area contributed by atoms with Crippen LogP contribution in [-0.4, -0.2) is 63.9 Å². The van der Waals surface area contributed by atoms with Crippen molar-refractivity contribution in [1.82, 2.24) is 10.2 Å². The fraction of sp³-hybridized carbons (Fsp3) is 0.944. The number of rotatable bonds is 7. The quantitative estimate of drug-likeness (QED) is 0.729. The van der Waals surface area contributed by atoms with Crippen LogP contribution in [0.5, 0.6) is 0 Å². The van der Waals surface area contributed by atoms with Crippen molar-refractivity contribution in [2.75, 3.05) is 53.1 Å². The molecule has 1 aliphatic heterocycles. The number of carbonyl (C=O) groups excluding carboxylic acids is 1. The summed E-state index contributed by atoms with van der Waals surface area (Å²) in [6.45, 7) is 17.3. The van der Waals surface area contributed by atoms with Crippen LogP contribution in [0.2, 0.25) is 0 Å². The average Bonchev–Trinajstić information content (AvgIpc) is 2.50. The molecular formula is C18H38N2O3. The molecule has 1 N–H and O–H groups in total. The summed E-state index contributed by atoms with van der Waals surface area (Å²) in [5.41, 5.74) is 0.438. The Morgan fingerprint density at radius 2 is 1.83 bits per heavy atom. The Labute approximate surface area is 143 Å². The molecule has 0 spiro atoms. The van der Waals surface area contributed by atoms with Gasteiger partial charge in [0.1, 0.15) is 0 Å². The molecule has 23 heavy (non-hydrogen) atoms. The van der Waals surface area contributed by atoms with Crippen LogP contribution in [0.25, 0.3) is 0 Å². The van der Waals surface area contributed by atoms with Crippen molar-refractivity contribution < 1.29 is 14.3 Å². The van der Waals surface area contributed by atoms with Gasteiger partial charge in [-0.15, -0.1) is 0 Å². The maximum atomic E-state index is 10.4. The monoisotopic (exact) mass is 330 g/mol. The van der Waals surface area contributed by atoms with Gasteiger partial charge in [0.15, 0.2) is 0 Å². The van der Waals surface area contributed by atoms with Crippen molar-refractivity contribution in [2.45, 2.75) is 47.5 Å². The number of nitrogens with zero attached hydrogens (tertiary/aromatic N) is 1. The predicted octanol–water partition coefficient (Wildman–Crippen LogP) is 2.55. The fourth-order valence-corrected chi connectivity index (χ4v) is 2.11. The van der Waals surface area contributed by atoms with Gasteiger partial charge in [0, 0.05) is 39.2 Å². The predicted molar refractivity (Wildman–Crippen MR) is 95.7 cm³/mol. The van der Waals surface area contributed by atoms with Crippen molar-refractivity contribution >= 4 is 5.91 Å². The van der Waals surface area contributed by atoms with Crippen molar-refractivity contribution in [1.29, 1.82) is 0 Å². The van der Waals surface area contributed by atoms with Crippen molar-refractivity contribution in [3.63, 3.8) is 0 Å². The van der Waals surface area contributed by atoms with E-state index in [1.165, 1.54) is 12.8 Å². The van der Waals surface area contributed by atoms with Gasteiger partial charge in [0.2, 0.25) is 5.91 Å². The van der Waals surface area contributed by atoms with Gasteiger partial charge in [-0.2, -0.15) is 0 Å². The molecule has 1 heterocycles. The van der Waals surface area contributed by atoms with Gasteiger partial charge in [-0.1, -0.05) is 34.6 Å². The van der Waals surface area contributed by atoms with E-state index >= 15 is 0 Å². The summed E-state index contributed by atoms with van der Waals surface area (Å²) in [7, 11) is 1.64. The first kappa shape index (κ1) is 22.4. The van der Waals surface area contributed by atoms with Crippen LogP contribution in [0.15, 0.2) is 0 Å². The molecule has 0 atom stereocenters. The molecule has 0 radical (unpaired) electrons. The molecule has 0 aromatic rings. The fourth-order valence-electron chi connectivity index (χ4n) is 2.11. The first-order valence-electron chi connectivity index (χ1n) is 8.85. The van der Waals surface area contributed by atoms with E-state index < -0.39 is 0 Å². The van der Waals surface area contributed by atoms with E-state index in [0.717, 1.165) is 46.1 Å². The molecule has 0 saturated carbocycles. The van der Waals surface area contributed by atoms with Crippen LogP contribution < -0.4 is 5.32 Å². The van der Waals surface area contributed by atoms with E-state index in [4.69, 9.17) is 9.47 Å². The van der Waals surface area contributed by atoms with Gasteiger partial charge in [-0.05, 0) is 18.3 Å². The van der Waals surface area contributed by atoms with E-state index in [2.05, 4.69) is 31.0 Å². The van der Waals surface area contributed by atoms with Crippen molar-refractivity contribution in [3.05, 3.63) is 0 Å². The van der Waals surface area contributed by atoms with Crippen LogP contribution in [0.3, 0.4) is 0 Å². The highest BCUT2D eigenvalue weighted by molar-refractivity contribution is 5.77. The van der Waals surface area contributed by atoms with Crippen LogP contribution in [-0.2, 0) is 14.3 Å².